The molecule has 0 unspecified atom stereocenters. The normalized spacial score (nSPS) is 18.0. The Kier molecular flexibility index (Phi) is 33.7. The number of esters is 4. The number of benzene rings is 3. The largest absolute Gasteiger partial charge is 0.462 e. The maximum atomic E-state index is 14.2. The molecule has 0 saturated carbocycles. The first-order valence-electron chi connectivity index (χ1n) is 30.8. The van der Waals surface area contributed by atoms with Crippen molar-refractivity contribution >= 4 is 40.2 Å². The van der Waals surface area contributed by atoms with E-state index in [9.17, 15) is 36.9 Å². The lowest BCUT2D eigenvalue weighted by atomic mass is 9.96. The van der Waals surface area contributed by atoms with Gasteiger partial charge in [0.1, 0.15) is 24.9 Å². The maximum absolute atomic E-state index is 14.2. The van der Waals surface area contributed by atoms with E-state index in [-0.39, 0.29) is 29.0 Å². The highest BCUT2D eigenvalue weighted by molar-refractivity contribution is 7.80. The third kappa shape index (κ3) is 28.8. The zero-order valence-corrected chi connectivity index (χ0v) is 51.0. The molecule has 1 aliphatic rings. The second-order valence-corrected chi connectivity index (χ2v) is 23.9. The minimum absolute atomic E-state index is 0.0141. The molecule has 1 fully saturated rings. The van der Waals surface area contributed by atoms with E-state index < -0.39 is 95.8 Å². The molecule has 3 aromatic rings. The van der Waals surface area contributed by atoms with Crippen LogP contribution >= 0.6 is 0 Å². The monoisotopic (exact) mass is 1180 g/mol. The van der Waals surface area contributed by atoms with Gasteiger partial charge in [-0.3, -0.25) is 14.1 Å². The highest BCUT2D eigenvalue weighted by Gasteiger charge is 2.54. The van der Waals surface area contributed by atoms with E-state index in [1.54, 1.807) is 93.6 Å². The number of rotatable bonds is 42. The molecule has 17 heteroatoms. The maximum Gasteiger partial charge on any atom is 0.397 e. The number of carbonyl (C=O) groups is 5. The fourth-order valence-electron chi connectivity index (χ4n) is 9.75. The summed E-state index contributed by atoms with van der Waals surface area (Å²) in [6, 6.07) is 22.7. The predicted octanol–water partition coefficient (Wildman–Crippen LogP) is 14.4. The zero-order chi connectivity index (χ0) is 60.1. The van der Waals surface area contributed by atoms with Gasteiger partial charge in [0.05, 0.1) is 34.8 Å². The van der Waals surface area contributed by atoms with Crippen LogP contribution in [0, 0.1) is 5.41 Å². The molecule has 1 saturated heterocycles. The first kappa shape index (κ1) is 70.0. The van der Waals surface area contributed by atoms with Gasteiger partial charge in [0.25, 0.3) is 0 Å². The van der Waals surface area contributed by atoms with Crippen LogP contribution in [0.1, 0.15) is 233 Å². The average molecular weight is 1180 g/mol. The lowest BCUT2D eigenvalue weighted by molar-refractivity contribution is -0.298. The van der Waals surface area contributed by atoms with E-state index in [0.29, 0.717) is 12.8 Å². The Morgan fingerprint density at radius 2 is 1.00 bits per heavy atom. The van der Waals surface area contributed by atoms with Crippen LogP contribution in [0.4, 0.5) is 0 Å². The van der Waals surface area contributed by atoms with Crippen molar-refractivity contribution in [2.24, 2.45) is 5.41 Å². The molecule has 16 nitrogen and oxygen atoms in total. The first-order valence-corrected chi connectivity index (χ1v) is 32.2. The lowest BCUT2D eigenvalue weighted by Crippen LogP contribution is -2.63. The third-order valence-corrected chi connectivity index (χ3v) is 15.0. The SMILES string of the molecule is CCCCCCCCCCCCC/C=C/[C@@H](OC(=O)c1ccccc1)[C@H](CO[C@@H]1O[C@H](COC(=O)C(C)(C)C)[C@H](OS(=O)(=O)O)[C@H](OC(=O)c2ccccc2)[C@H]1OC(=O)c1ccccc1)NC(=O)CCCCCCCCCCCCCCC. The van der Waals surface area contributed by atoms with Crippen LogP contribution in [0.5, 0.6) is 0 Å². The molecule has 4 rings (SSSR count). The van der Waals surface area contributed by atoms with Crippen LogP contribution in [0.2, 0.25) is 0 Å². The van der Waals surface area contributed by atoms with E-state index in [4.69, 9.17) is 32.6 Å². The fourth-order valence-corrected chi connectivity index (χ4v) is 10.3. The summed E-state index contributed by atoms with van der Waals surface area (Å²) in [5.74, 6) is -3.73. The van der Waals surface area contributed by atoms with E-state index in [0.717, 1.165) is 51.4 Å². The van der Waals surface area contributed by atoms with Crippen LogP contribution < -0.4 is 5.32 Å². The molecule has 1 aliphatic heterocycles. The highest BCUT2D eigenvalue weighted by Crippen LogP contribution is 2.33. The molecule has 0 bridgehead atoms. The van der Waals surface area contributed by atoms with Crippen molar-refractivity contribution in [3.05, 3.63) is 120 Å². The Morgan fingerprint density at radius 1 is 0.578 bits per heavy atom. The van der Waals surface area contributed by atoms with Crippen molar-refractivity contribution in [1.29, 1.82) is 0 Å². The van der Waals surface area contributed by atoms with Crippen LogP contribution in [-0.2, 0) is 52.6 Å². The standard InChI is InChI=1S/C66H97NO15S/c1-6-8-10-12-14-16-18-20-22-24-26-28-39-47-55(78-61(69)51-41-33-30-34-42-51)54(67-57(68)48-40-29-27-25-23-21-19-17-15-13-11-9-7-2)49-76-64-60(81-63(71)53-45-37-32-38-46-53)59(80-62(70)52-43-35-31-36-44-52)58(82-83(73,74)75)56(79-64)50-77-65(72)66(3,4)5/h30-39,41-47,54-56,58-60,64H,6-29,40,48-50H2,1-5H3,(H,67,68)(H,73,74,75)/b47-39+/t54-,55+,56+,58-,59-,60+,64+/m0/s1. The molecule has 0 aliphatic carbocycles. The van der Waals surface area contributed by atoms with Crippen molar-refractivity contribution < 1.29 is 69.5 Å². The van der Waals surface area contributed by atoms with Crippen LogP contribution in [0.25, 0.3) is 0 Å². The smallest absolute Gasteiger partial charge is 0.397 e. The van der Waals surface area contributed by atoms with Crippen molar-refractivity contribution in [2.45, 2.75) is 244 Å². The van der Waals surface area contributed by atoms with Gasteiger partial charge >= 0.3 is 34.3 Å². The summed E-state index contributed by atoms with van der Waals surface area (Å²) in [6.45, 7) is 8.01. The summed E-state index contributed by atoms with van der Waals surface area (Å²) < 4.78 is 77.8. The number of hydrogen-bond donors (Lipinski definition) is 2. The molecule has 0 radical (unpaired) electrons. The molecule has 0 spiro atoms. The van der Waals surface area contributed by atoms with Crippen LogP contribution in [0.3, 0.4) is 0 Å². The minimum Gasteiger partial charge on any atom is -0.462 e. The van der Waals surface area contributed by atoms with Crippen LogP contribution in [0.15, 0.2) is 103 Å². The van der Waals surface area contributed by atoms with Crippen molar-refractivity contribution in [3.63, 3.8) is 0 Å². The Hall–Kier alpha value is -5.46. The van der Waals surface area contributed by atoms with Gasteiger partial charge in [-0.15, -0.1) is 0 Å². The Balaban J connectivity index is 1.69. The zero-order valence-electron chi connectivity index (χ0n) is 50.2. The summed E-state index contributed by atoms with van der Waals surface area (Å²) in [6.07, 6.45) is 21.6. The van der Waals surface area contributed by atoms with Gasteiger partial charge in [0.2, 0.25) is 5.91 Å². The second kappa shape index (κ2) is 40.0. The Morgan fingerprint density at radius 3 is 1.45 bits per heavy atom. The van der Waals surface area contributed by atoms with Gasteiger partial charge < -0.3 is 33.7 Å². The topological polar surface area (TPSA) is 216 Å². The van der Waals surface area contributed by atoms with E-state index in [1.807, 2.05) is 6.08 Å². The number of ether oxygens (including phenoxy) is 6. The van der Waals surface area contributed by atoms with Gasteiger partial charge in [-0.05, 0) is 82.5 Å². The highest BCUT2D eigenvalue weighted by atomic mass is 32.3. The van der Waals surface area contributed by atoms with E-state index in [2.05, 4.69) is 19.2 Å². The summed E-state index contributed by atoms with van der Waals surface area (Å²) in [5.41, 5.74) is -0.733. The quantitative estimate of drug-likeness (QED) is 0.0177. The summed E-state index contributed by atoms with van der Waals surface area (Å²) >= 11 is 0. The van der Waals surface area contributed by atoms with Gasteiger partial charge in [-0.25, -0.2) is 18.6 Å². The van der Waals surface area contributed by atoms with Crippen molar-refractivity contribution in [1.82, 2.24) is 5.32 Å². The molecule has 3 aromatic carbocycles. The Bertz CT molecular complexity index is 2430. The minimum atomic E-state index is -5.41. The Labute approximate surface area is 495 Å². The van der Waals surface area contributed by atoms with Crippen LogP contribution in [-0.4, -0.2) is 98.8 Å². The third-order valence-electron chi connectivity index (χ3n) is 14.6. The van der Waals surface area contributed by atoms with Gasteiger partial charge in [0, 0.05) is 6.42 Å². The van der Waals surface area contributed by atoms with Gasteiger partial charge in [-0.1, -0.05) is 216 Å². The predicted molar refractivity (Wildman–Crippen MR) is 321 cm³/mol. The number of carbonyl (C=O) groups excluding carboxylic acids is 5. The number of unbranched alkanes of at least 4 members (excludes halogenated alkanes) is 23. The molecule has 462 valence electrons. The number of nitrogens with one attached hydrogen (secondary N) is 1. The summed E-state index contributed by atoms with van der Waals surface area (Å²) in [5, 5.41) is 3.06. The summed E-state index contributed by atoms with van der Waals surface area (Å²) in [4.78, 5) is 69.5. The number of hydrogen-bond acceptors (Lipinski definition) is 14. The molecule has 83 heavy (non-hydrogen) atoms. The molecular weight excluding hydrogens is 1080 g/mol. The van der Waals surface area contributed by atoms with Crippen molar-refractivity contribution in [3.8, 4) is 0 Å². The molecule has 7 atom stereocenters. The molecule has 0 aromatic heterocycles. The average Bonchev–Trinajstić information content (AvgIpc) is 2.85. The molecule has 1 heterocycles. The summed E-state index contributed by atoms with van der Waals surface area (Å²) in [7, 11) is -5.41. The number of amides is 1. The van der Waals surface area contributed by atoms with Gasteiger partial charge in [-0.2, -0.15) is 8.42 Å². The first-order chi connectivity index (χ1) is 40.0. The number of allylic oxidation sites excluding steroid dienone is 1. The fraction of sp³-hybridized carbons (Fsp3) is 0.621. The molecule has 1 amide bonds. The van der Waals surface area contributed by atoms with E-state index in [1.165, 1.54) is 121 Å². The van der Waals surface area contributed by atoms with Crippen molar-refractivity contribution in [2.75, 3.05) is 13.2 Å². The lowest BCUT2D eigenvalue weighted by Gasteiger charge is -2.44. The van der Waals surface area contributed by atoms with Gasteiger partial charge in [0.15, 0.2) is 18.5 Å². The molecular formula is C66H97NO15S. The van der Waals surface area contributed by atoms with E-state index >= 15 is 0 Å². The second-order valence-electron chi connectivity index (χ2n) is 22.8. The molecule has 2 N–H and O–H groups in total.